The first kappa shape index (κ1) is 14.2. The Morgan fingerprint density at radius 3 is 2.24 bits per heavy atom. The van der Waals surface area contributed by atoms with Gasteiger partial charge in [0.25, 0.3) is 0 Å². The second-order valence-corrected chi connectivity index (χ2v) is 5.25. The summed E-state index contributed by atoms with van der Waals surface area (Å²) in [6.07, 6.45) is 2.56. The summed E-state index contributed by atoms with van der Waals surface area (Å²) in [6, 6.07) is 0. The third kappa shape index (κ3) is 3.30. The third-order valence-electron chi connectivity index (χ3n) is 3.65. The predicted octanol–water partition coefficient (Wildman–Crippen LogP) is 1.71. The lowest BCUT2D eigenvalue weighted by molar-refractivity contribution is -0.153. The number of carbonyl (C=O) groups is 1. The zero-order valence-electron chi connectivity index (χ0n) is 10.5. The van der Waals surface area contributed by atoms with Gasteiger partial charge < -0.3 is 15.3 Å². The van der Waals surface area contributed by atoms with Crippen LogP contribution in [0.1, 0.15) is 46.0 Å². The number of carboxylic acids is 1. The van der Waals surface area contributed by atoms with Crippen molar-refractivity contribution in [3.63, 3.8) is 0 Å². The quantitative estimate of drug-likeness (QED) is 0.656. The van der Waals surface area contributed by atoms with E-state index in [-0.39, 0.29) is 6.42 Å². The normalized spacial score (nSPS) is 33.2. The van der Waals surface area contributed by atoms with Crippen LogP contribution in [-0.4, -0.2) is 33.5 Å². The van der Waals surface area contributed by atoms with Gasteiger partial charge in [0.1, 0.15) is 0 Å². The van der Waals surface area contributed by atoms with Crippen LogP contribution in [0.2, 0.25) is 0 Å². The molecule has 1 aliphatic rings. The molecule has 0 aliphatic heterocycles. The summed E-state index contributed by atoms with van der Waals surface area (Å²) in [5, 5.41) is 29.2. The smallest absolute Gasteiger partial charge is 0.304 e. The van der Waals surface area contributed by atoms with Crippen molar-refractivity contribution in [1.29, 1.82) is 0 Å². The Balaban J connectivity index is 2.96. The van der Waals surface area contributed by atoms with Crippen LogP contribution < -0.4 is 0 Å². The molecule has 0 radical (unpaired) electrons. The van der Waals surface area contributed by atoms with Crippen LogP contribution >= 0.6 is 0 Å². The van der Waals surface area contributed by atoms with Gasteiger partial charge in [0, 0.05) is 5.41 Å². The molecule has 0 aromatic rings. The monoisotopic (exact) mass is 242 g/mol. The molecule has 98 valence electrons. The molecule has 0 heterocycles. The standard InChI is InChI=1S/C13H22O4/c1-9(2)6-7-13(8-12(16)17)10(14)4-3-5-11(13)15/h6,10-11,14-15H,3-5,7-8H2,1-2H3,(H,16,17)/t10-,11+,13?. The zero-order chi connectivity index (χ0) is 13.1. The molecular formula is C13H22O4. The van der Waals surface area contributed by atoms with E-state index in [1.165, 1.54) is 0 Å². The van der Waals surface area contributed by atoms with Crippen LogP contribution in [0.15, 0.2) is 11.6 Å². The van der Waals surface area contributed by atoms with Crippen molar-refractivity contribution in [1.82, 2.24) is 0 Å². The topological polar surface area (TPSA) is 77.8 Å². The Morgan fingerprint density at radius 1 is 1.29 bits per heavy atom. The summed E-state index contributed by atoms with van der Waals surface area (Å²) < 4.78 is 0. The molecule has 1 saturated carbocycles. The number of aliphatic carboxylic acids is 1. The molecule has 1 aliphatic carbocycles. The number of hydrogen-bond acceptors (Lipinski definition) is 3. The van der Waals surface area contributed by atoms with Crippen molar-refractivity contribution in [2.45, 2.75) is 58.2 Å². The Morgan fingerprint density at radius 2 is 1.82 bits per heavy atom. The van der Waals surface area contributed by atoms with E-state index in [1.807, 2.05) is 19.9 Å². The lowest BCUT2D eigenvalue weighted by Crippen LogP contribution is -2.49. The molecule has 0 saturated heterocycles. The number of allylic oxidation sites excluding steroid dienone is 2. The first-order chi connectivity index (χ1) is 7.88. The van der Waals surface area contributed by atoms with Gasteiger partial charge in [0.15, 0.2) is 0 Å². The summed E-state index contributed by atoms with van der Waals surface area (Å²) in [5.74, 6) is -0.966. The molecule has 1 rings (SSSR count). The SMILES string of the molecule is CC(C)=CCC1(CC(=O)O)[C@H](O)CCC[C@@H]1O. The maximum Gasteiger partial charge on any atom is 0.304 e. The molecule has 17 heavy (non-hydrogen) atoms. The van der Waals surface area contributed by atoms with Gasteiger partial charge in [0.05, 0.1) is 18.6 Å². The maximum atomic E-state index is 11.0. The Bertz CT molecular complexity index is 295. The van der Waals surface area contributed by atoms with Crippen molar-refractivity contribution >= 4 is 5.97 Å². The molecule has 1 unspecified atom stereocenters. The first-order valence-electron chi connectivity index (χ1n) is 6.10. The van der Waals surface area contributed by atoms with Gasteiger partial charge in [0.2, 0.25) is 0 Å². The summed E-state index contributed by atoms with van der Waals surface area (Å²) in [6.45, 7) is 3.85. The van der Waals surface area contributed by atoms with Crippen molar-refractivity contribution in [2.75, 3.05) is 0 Å². The summed E-state index contributed by atoms with van der Waals surface area (Å²) in [5.41, 5.74) is 0.154. The van der Waals surface area contributed by atoms with Gasteiger partial charge in [-0.1, -0.05) is 11.6 Å². The highest BCUT2D eigenvalue weighted by Gasteiger charge is 2.47. The lowest BCUT2D eigenvalue weighted by atomic mass is 9.65. The van der Waals surface area contributed by atoms with Crippen LogP contribution in [0.3, 0.4) is 0 Å². The van der Waals surface area contributed by atoms with Gasteiger partial charge in [-0.3, -0.25) is 4.79 Å². The minimum absolute atomic E-state index is 0.181. The van der Waals surface area contributed by atoms with Crippen LogP contribution in [0, 0.1) is 5.41 Å². The average Bonchev–Trinajstić information content (AvgIpc) is 2.21. The molecule has 3 atom stereocenters. The fourth-order valence-corrected chi connectivity index (χ4v) is 2.56. The van der Waals surface area contributed by atoms with Gasteiger partial charge >= 0.3 is 5.97 Å². The van der Waals surface area contributed by atoms with E-state index in [1.54, 1.807) is 0 Å². The van der Waals surface area contributed by atoms with Gasteiger partial charge in [-0.25, -0.2) is 0 Å². The molecule has 4 nitrogen and oxygen atoms in total. The fraction of sp³-hybridized carbons (Fsp3) is 0.769. The number of carboxylic acid groups (broad SMARTS) is 1. The molecule has 4 heteroatoms. The second-order valence-electron chi connectivity index (χ2n) is 5.25. The number of aliphatic hydroxyl groups is 2. The van der Waals surface area contributed by atoms with Gasteiger partial charge in [-0.05, 0) is 39.5 Å². The zero-order valence-corrected chi connectivity index (χ0v) is 10.5. The largest absolute Gasteiger partial charge is 0.481 e. The van der Waals surface area contributed by atoms with Crippen LogP contribution in [-0.2, 0) is 4.79 Å². The minimum atomic E-state index is -0.966. The highest BCUT2D eigenvalue weighted by atomic mass is 16.4. The number of aliphatic hydroxyl groups excluding tert-OH is 2. The van der Waals surface area contributed by atoms with E-state index in [0.29, 0.717) is 19.3 Å². The third-order valence-corrected chi connectivity index (χ3v) is 3.65. The van der Waals surface area contributed by atoms with E-state index in [4.69, 9.17) is 5.11 Å². The average molecular weight is 242 g/mol. The van der Waals surface area contributed by atoms with E-state index >= 15 is 0 Å². The highest BCUT2D eigenvalue weighted by Crippen LogP contribution is 2.43. The molecule has 0 bridgehead atoms. The molecule has 0 aromatic heterocycles. The molecule has 0 amide bonds. The summed E-state index contributed by atoms with van der Waals surface area (Å²) >= 11 is 0. The fourth-order valence-electron chi connectivity index (χ4n) is 2.56. The van der Waals surface area contributed by atoms with Crippen molar-refractivity contribution in [3.8, 4) is 0 Å². The summed E-state index contributed by atoms with van der Waals surface area (Å²) in [7, 11) is 0. The Kier molecular flexibility index (Phi) is 4.71. The van der Waals surface area contributed by atoms with Crippen LogP contribution in [0.4, 0.5) is 0 Å². The predicted molar refractivity (Wildman–Crippen MR) is 64.6 cm³/mol. The number of hydrogen-bond donors (Lipinski definition) is 3. The van der Waals surface area contributed by atoms with E-state index in [2.05, 4.69) is 0 Å². The van der Waals surface area contributed by atoms with Crippen LogP contribution in [0.5, 0.6) is 0 Å². The Labute approximate surface area is 102 Å². The highest BCUT2D eigenvalue weighted by molar-refractivity contribution is 5.68. The second kappa shape index (κ2) is 5.65. The molecule has 1 fully saturated rings. The lowest BCUT2D eigenvalue weighted by Gasteiger charge is -2.44. The maximum absolute atomic E-state index is 11.0. The van der Waals surface area contributed by atoms with Crippen molar-refractivity contribution in [3.05, 3.63) is 11.6 Å². The van der Waals surface area contributed by atoms with E-state index in [0.717, 1.165) is 12.0 Å². The molecular weight excluding hydrogens is 220 g/mol. The first-order valence-corrected chi connectivity index (χ1v) is 6.10. The molecule has 0 spiro atoms. The molecule has 0 aromatic carbocycles. The van der Waals surface area contributed by atoms with Gasteiger partial charge in [-0.2, -0.15) is 0 Å². The van der Waals surface area contributed by atoms with E-state index in [9.17, 15) is 15.0 Å². The van der Waals surface area contributed by atoms with Crippen LogP contribution in [0.25, 0.3) is 0 Å². The van der Waals surface area contributed by atoms with E-state index < -0.39 is 23.6 Å². The van der Waals surface area contributed by atoms with Gasteiger partial charge in [-0.15, -0.1) is 0 Å². The number of rotatable bonds is 4. The molecule has 3 N–H and O–H groups in total. The van der Waals surface area contributed by atoms with Crippen molar-refractivity contribution < 1.29 is 20.1 Å². The van der Waals surface area contributed by atoms with Crippen molar-refractivity contribution in [2.24, 2.45) is 5.41 Å². The Hall–Kier alpha value is -0.870. The summed E-state index contributed by atoms with van der Waals surface area (Å²) in [4.78, 5) is 11.0. The minimum Gasteiger partial charge on any atom is -0.481 e.